The van der Waals surface area contributed by atoms with Crippen LogP contribution in [0.5, 0.6) is 5.75 Å². The summed E-state index contributed by atoms with van der Waals surface area (Å²) in [5, 5.41) is 10.0. The average Bonchev–Trinajstić information content (AvgIpc) is 2.49. The summed E-state index contributed by atoms with van der Waals surface area (Å²) in [6.07, 6.45) is 2.69. The number of benzene rings is 1. The van der Waals surface area contributed by atoms with Crippen molar-refractivity contribution in [1.29, 1.82) is 0 Å². The zero-order valence-corrected chi connectivity index (χ0v) is 11.9. The molecule has 1 aliphatic heterocycles. The van der Waals surface area contributed by atoms with Gasteiger partial charge in [0.05, 0.1) is 19.3 Å². The molecule has 0 unspecified atom stereocenters. The van der Waals surface area contributed by atoms with Crippen molar-refractivity contribution in [1.82, 2.24) is 4.90 Å². The van der Waals surface area contributed by atoms with Crippen molar-refractivity contribution < 1.29 is 14.6 Å². The highest BCUT2D eigenvalue weighted by molar-refractivity contribution is 5.38. The van der Waals surface area contributed by atoms with E-state index in [4.69, 9.17) is 9.47 Å². The molecule has 0 spiro atoms. The Hall–Kier alpha value is -1.10. The molecule has 1 atom stereocenters. The van der Waals surface area contributed by atoms with Crippen molar-refractivity contribution in [2.75, 3.05) is 39.5 Å². The van der Waals surface area contributed by atoms with Gasteiger partial charge in [-0.2, -0.15) is 0 Å². The molecule has 110 valence electrons. The van der Waals surface area contributed by atoms with Crippen molar-refractivity contribution in [3.63, 3.8) is 0 Å². The third-order valence-corrected chi connectivity index (χ3v) is 4.18. The molecule has 1 N–H and O–H groups in total. The Morgan fingerprint density at radius 3 is 3.00 bits per heavy atom. The first kappa shape index (κ1) is 13.9. The fourth-order valence-electron chi connectivity index (χ4n) is 2.96. The fourth-order valence-corrected chi connectivity index (χ4v) is 2.96. The van der Waals surface area contributed by atoms with Gasteiger partial charge in [0, 0.05) is 19.6 Å². The van der Waals surface area contributed by atoms with Crippen LogP contribution < -0.4 is 4.74 Å². The molecule has 1 aromatic rings. The Kier molecular flexibility index (Phi) is 4.55. The second-order valence-corrected chi connectivity index (χ2v) is 5.57. The van der Waals surface area contributed by atoms with Gasteiger partial charge >= 0.3 is 0 Å². The first-order valence-corrected chi connectivity index (χ1v) is 7.57. The smallest absolute Gasteiger partial charge is 0.119 e. The van der Waals surface area contributed by atoms with Crippen molar-refractivity contribution in [2.24, 2.45) is 0 Å². The van der Waals surface area contributed by atoms with E-state index in [1.54, 1.807) is 0 Å². The van der Waals surface area contributed by atoms with Gasteiger partial charge in [-0.3, -0.25) is 4.90 Å². The van der Waals surface area contributed by atoms with E-state index in [9.17, 15) is 5.11 Å². The lowest BCUT2D eigenvalue weighted by atomic mass is 9.89. The summed E-state index contributed by atoms with van der Waals surface area (Å²) in [5.41, 5.74) is 2.32. The number of hydrogen-bond acceptors (Lipinski definition) is 4. The molecule has 0 aromatic heterocycles. The molecule has 0 radical (unpaired) electrons. The molecule has 20 heavy (non-hydrogen) atoms. The van der Waals surface area contributed by atoms with E-state index in [2.05, 4.69) is 11.0 Å². The van der Waals surface area contributed by atoms with Crippen LogP contribution >= 0.6 is 0 Å². The maximum atomic E-state index is 10.0. The molecule has 1 aromatic carbocycles. The van der Waals surface area contributed by atoms with E-state index in [1.165, 1.54) is 5.56 Å². The molecule has 0 amide bonds. The maximum absolute atomic E-state index is 10.0. The third kappa shape index (κ3) is 3.32. The molecular weight excluding hydrogens is 254 g/mol. The van der Waals surface area contributed by atoms with Crippen LogP contribution in [-0.2, 0) is 11.2 Å². The second kappa shape index (κ2) is 6.57. The largest absolute Gasteiger partial charge is 0.492 e. The van der Waals surface area contributed by atoms with Crippen molar-refractivity contribution >= 4 is 0 Å². The standard InChI is InChI=1S/C16H23NO3/c18-16-3-1-2-13-4-5-14(12-15(13)16)20-11-8-17-6-9-19-10-7-17/h4-5,12,16,18H,1-3,6-11H2/t16-/m0/s1. The van der Waals surface area contributed by atoms with Crippen molar-refractivity contribution in [3.05, 3.63) is 29.3 Å². The summed E-state index contributed by atoms with van der Waals surface area (Å²) in [6, 6.07) is 6.14. The second-order valence-electron chi connectivity index (χ2n) is 5.57. The number of ether oxygens (including phenoxy) is 2. The Morgan fingerprint density at radius 1 is 1.30 bits per heavy atom. The maximum Gasteiger partial charge on any atom is 0.119 e. The van der Waals surface area contributed by atoms with E-state index >= 15 is 0 Å². The number of morpholine rings is 1. The molecule has 0 bridgehead atoms. The van der Waals surface area contributed by atoms with Gasteiger partial charge in [-0.25, -0.2) is 0 Å². The monoisotopic (exact) mass is 277 g/mol. The summed E-state index contributed by atoms with van der Waals surface area (Å²) in [6.45, 7) is 5.26. The van der Waals surface area contributed by atoms with E-state index < -0.39 is 0 Å². The van der Waals surface area contributed by atoms with Gasteiger partial charge in [-0.15, -0.1) is 0 Å². The first-order chi connectivity index (χ1) is 9.83. The van der Waals surface area contributed by atoms with Crippen LogP contribution in [0.15, 0.2) is 18.2 Å². The molecule has 4 heteroatoms. The minimum atomic E-state index is -0.318. The predicted octanol–water partition coefficient (Wildman–Crippen LogP) is 1.77. The zero-order valence-electron chi connectivity index (χ0n) is 11.9. The van der Waals surface area contributed by atoms with Crippen molar-refractivity contribution in [3.8, 4) is 5.75 Å². The number of aliphatic hydroxyl groups excluding tert-OH is 1. The lowest BCUT2D eigenvalue weighted by Crippen LogP contribution is -2.38. The van der Waals surface area contributed by atoms with Gasteiger partial charge in [0.1, 0.15) is 12.4 Å². The first-order valence-electron chi connectivity index (χ1n) is 7.57. The topological polar surface area (TPSA) is 41.9 Å². The van der Waals surface area contributed by atoms with E-state index in [0.29, 0.717) is 6.61 Å². The Balaban J connectivity index is 1.53. The Bertz CT molecular complexity index is 443. The minimum Gasteiger partial charge on any atom is -0.492 e. The fraction of sp³-hybridized carbons (Fsp3) is 0.625. The minimum absolute atomic E-state index is 0.318. The Morgan fingerprint density at radius 2 is 2.15 bits per heavy atom. The summed E-state index contributed by atoms with van der Waals surface area (Å²) < 4.78 is 11.2. The van der Waals surface area contributed by atoms with Crippen LogP contribution in [0.4, 0.5) is 0 Å². The van der Waals surface area contributed by atoms with E-state index in [-0.39, 0.29) is 6.10 Å². The van der Waals surface area contributed by atoms with Gasteiger partial charge in [-0.05, 0) is 42.5 Å². The summed E-state index contributed by atoms with van der Waals surface area (Å²) in [4.78, 5) is 2.36. The van der Waals surface area contributed by atoms with Gasteiger partial charge in [0.2, 0.25) is 0 Å². The number of aliphatic hydroxyl groups is 1. The SMILES string of the molecule is O[C@H]1CCCc2ccc(OCCN3CCOCC3)cc21. The average molecular weight is 277 g/mol. The number of fused-ring (bicyclic) bond motifs is 1. The van der Waals surface area contributed by atoms with E-state index in [0.717, 1.165) is 63.4 Å². The highest BCUT2D eigenvalue weighted by Gasteiger charge is 2.18. The summed E-state index contributed by atoms with van der Waals surface area (Å²) in [5.74, 6) is 0.873. The molecule has 4 nitrogen and oxygen atoms in total. The molecule has 2 aliphatic rings. The number of aryl methyl sites for hydroxylation is 1. The molecule has 1 aliphatic carbocycles. The van der Waals surface area contributed by atoms with Gasteiger partial charge in [-0.1, -0.05) is 6.07 Å². The number of nitrogens with zero attached hydrogens (tertiary/aromatic N) is 1. The molecular formula is C16H23NO3. The lowest BCUT2D eigenvalue weighted by Gasteiger charge is -2.26. The highest BCUT2D eigenvalue weighted by Crippen LogP contribution is 2.32. The molecule has 1 heterocycles. The molecule has 1 fully saturated rings. The van der Waals surface area contributed by atoms with Crippen molar-refractivity contribution in [2.45, 2.75) is 25.4 Å². The van der Waals surface area contributed by atoms with Crippen LogP contribution in [0.1, 0.15) is 30.1 Å². The van der Waals surface area contributed by atoms with Gasteiger partial charge in [0.25, 0.3) is 0 Å². The summed E-state index contributed by atoms with van der Waals surface area (Å²) >= 11 is 0. The predicted molar refractivity (Wildman–Crippen MR) is 77.1 cm³/mol. The molecule has 3 rings (SSSR count). The Labute approximate surface area is 120 Å². The third-order valence-electron chi connectivity index (χ3n) is 4.18. The van der Waals surface area contributed by atoms with Gasteiger partial charge < -0.3 is 14.6 Å². The van der Waals surface area contributed by atoms with Crippen LogP contribution in [0.3, 0.4) is 0 Å². The van der Waals surface area contributed by atoms with Crippen LogP contribution in [0.2, 0.25) is 0 Å². The van der Waals surface area contributed by atoms with Crippen LogP contribution in [0.25, 0.3) is 0 Å². The number of rotatable bonds is 4. The van der Waals surface area contributed by atoms with Crippen LogP contribution in [-0.4, -0.2) is 49.5 Å². The van der Waals surface area contributed by atoms with Gasteiger partial charge in [0.15, 0.2) is 0 Å². The molecule has 1 saturated heterocycles. The normalized spacial score (nSPS) is 23.4. The quantitative estimate of drug-likeness (QED) is 0.911. The molecule has 0 saturated carbocycles. The number of hydrogen-bond donors (Lipinski definition) is 1. The van der Waals surface area contributed by atoms with Crippen LogP contribution in [0, 0.1) is 0 Å². The highest BCUT2D eigenvalue weighted by atomic mass is 16.5. The summed E-state index contributed by atoms with van der Waals surface area (Å²) in [7, 11) is 0. The lowest BCUT2D eigenvalue weighted by molar-refractivity contribution is 0.0322. The zero-order chi connectivity index (χ0) is 13.8. The van der Waals surface area contributed by atoms with E-state index in [1.807, 2.05) is 12.1 Å².